The lowest BCUT2D eigenvalue weighted by atomic mass is 10.0. The number of unbranched alkanes of at least 4 members (excludes halogenated alkanes) is 3. The Balaban J connectivity index is 1.48. The van der Waals surface area contributed by atoms with Crippen molar-refractivity contribution in [3.05, 3.63) is 102 Å². The van der Waals surface area contributed by atoms with Gasteiger partial charge in [0.05, 0.1) is 13.0 Å². The fourth-order valence-electron chi connectivity index (χ4n) is 7.79. The third kappa shape index (κ3) is 19.7. The highest BCUT2D eigenvalue weighted by Crippen LogP contribution is 2.20. The Hall–Kier alpha value is -6.91. The highest BCUT2D eigenvalue weighted by Gasteiger charge is 2.31. The zero-order chi connectivity index (χ0) is 50.3. The number of phenolic OH excluding ortho intramolecular Hbond substituents is 1. The predicted octanol–water partition coefficient (Wildman–Crippen LogP) is 5.88. The number of phenols is 1. The Morgan fingerprint density at radius 2 is 1.22 bits per heavy atom. The number of aryl methyl sites for hydroxylation is 1. The summed E-state index contributed by atoms with van der Waals surface area (Å²) in [5.41, 5.74) is 2.45. The third-order valence-corrected chi connectivity index (χ3v) is 11.4. The Kier molecular flexibility index (Phi) is 22.0. The van der Waals surface area contributed by atoms with Crippen molar-refractivity contribution in [1.29, 1.82) is 0 Å². The van der Waals surface area contributed by atoms with Crippen molar-refractivity contribution >= 4 is 52.5 Å². The highest BCUT2D eigenvalue weighted by atomic mass is 16.6. The van der Waals surface area contributed by atoms with Crippen LogP contribution in [0, 0.1) is 0 Å². The maximum Gasteiger partial charge on any atom is 0.408 e. The topological polar surface area (TPSA) is 257 Å². The number of benzene rings is 3. The van der Waals surface area contributed by atoms with Crippen LogP contribution in [-0.4, -0.2) is 99.2 Å². The summed E-state index contributed by atoms with van der Waals surface area (Å²) in [4.78, 5) is 97.4. The molecule has 0 radical (unpaired) electrons. The summed E-state index contributed by atoms with van der Waals surface area (Å²) >= 11 is 0. The van der Waals surface area contributed by atoms with E-state index in [1.165, 1.54) is 17.7 Å². The number of carboxylic acid groups (broad SMARTS) is 1. The molecule has 0 saturated heterocycles. The Bertz CT molecular complexity index is 2290. The Morgan fingerprint density at radius 1 is 0.623 bits per heavy atom. The second kappa shape index (κ2) is 27.8. The van der Waals surface area contributed by atoms with Gasteiger partial charge in [0.25, 0.3) is 0 Å². The number of hydrogen-bond donors (Lipinski definition) is 9. The third-order valence-electron chi connectivity index (χ3n) is 11.4. The van der Waals surface area contributed by atoms with Gasteiger partial charge in [-0.1, -0.05) is 107 Å². The maximum absolute atomic E-state index is 14.3. The molecule has 1 aromatic heterocycles. The number of hydrogen-bond acceptors (Lipinski definition) is 9. The monoisotopic (exact) mass is 954 g/mol. The molecule has 17 nitrogen and oxygen atoms in total. The zero-order valence-electron chi connectivity index (χ0n) is 40.5. The summed E-state index contributed by atoms with van der Waals surface area (Å²) < 4.78 is 5.40. The number of para-hydroxylation sites is 1. The van der Waals surface area contributed by atoms with Gasteiger partial charge in [-0.05, 0) is 87.8 Å². The minimum atomic E-state index is -1.21. The molecule has 4 rings (SSSR count). The number of aromatic amines is 1. The molecule has 0 fully saturated rings. The fourth-order valence-corrected chi connectivity index (χ4v) is 7.79. The number of fused-ring (bicyclic) bond motifs is 1. The second-order valence-corrected chi connectivity index (χ2v) is 18.4. The van der Waals surface area contributed by atoms with Crippen LogP contribution >= 0.6 is 0 Å². The molecule has 0 aliphatic rings. The van der Waals surface area contributed by atoms with Crippen molar-refractivity contribution in [2.24, 2.45) is 0 Å². The number of carboxylic acids is 1. The van der Waals surface area contributed by atoms with E-state index in [2.05, 4.69) is 36.9 Å². The van der Waals surface area contributed by atoms with Crippen molar-refractivity contribution in [3.63, 3.8) is 0 Å². The summed E-state index contributed by atoms with van der Waals surface area (Å²) in [6.45, 7) is 8.34. The van der Waals surface area contributed by atoms with Crippen molar-refractivity contribution < 1.29 is 48.5 Å². The number of nitrogens with one attached hydrogen (secondary N) is 7. The van der Waals surface area contributed by atoms with Crippen LogP contribution in [0.5, 0.6) is 5.75 Å². The molecule has 17 heteroatoms. The van der Waals surface area contributed by atoms with E-state index < -0.39 is 84.0 Å². The maximum atomic E-state index is 14.3. The molecular formula is C52H71N7O10. The van der Waals surface area contributed by atoms with Crippen LogP contribution in [-0.2, 0) is 52.8 Å². The SMILES string of the molecule is CCCC[C@H](NC(=O)[C@H](Cc1ccc(O)cc1)NC(=O)OC(C)(C)C)C(=O)NCC(=O)N[C@H](Cc1c[nH]c2ccccc12)C(=O)N[C@@H](CCCC)C(=O)N[C@@H](CCCCc1ccccc1)CC(=O)O. The summed E-state index contributed by atoms with van der Waals surface area (Å²) in [6, 6.07) is 18.3. The molecule has 9 N–H and O–H groups in total. The summed E-state index contributed by atoms with van der Waals surface area (Å²) in [5, 5.41) is 36.7. The molecule has 5 atom stereocenters. The quantitative estimate of drug-likeness (QED) is 0.0306. The smallest absolute Gasteiger partial charge is 0.408 e. The number of H-pyrrole nitrogens is 1. The number of ether oxygens (including phenoxy) is 1. The number of aliphatic carboxylic acids is 1. The lowest BCUT2D eigenvalue weighted by Gasteiger charge is -2.26. The first-order valence-corrected chi connectivity index (χ1v) is 24.0. The molecule has 0 unspecified atom stereocenters. The molecule has 0 saturated carbocycles. The Morgan fingerprint density at radius 3 is 1.84 bits per heavy atom. The first-order chi connectivity index (χ1) is 32.9. The number of carbonyl (C=O) groups excluding carboxylic acids is 6. The van der Waals surface area contributed by atoms with Gasteiger partial charge in [-0.3, -0.25) is 28.8 Å². The van der Waals surface area contributed by atoms with Gasteiger partial charge in [-0.25, -0.2) is 4.79 Å². The molecule has 0 aliphatic carbocycles. The summed E-state index contributed by atoms with van der Waals surface area (Å²) in [7, 11) is 0. The molecule has 1 heterocycles. The number of alkyl carbamates (subject to hydrolysis) is 1. The number of aromatic hydroxyl groups is 1. The van der Waals surface area contributed by atoms with Gasteiger partial charge < -0.3 is 51.8 Å². The van der Waals surface area contributed by atoms with Crippen LogP contribution < -0.4 is 31.9 Å². The van der Waals surface area contributed by atoms with Gasteiger partial charge in [0.1, 0.15) is 35.5 Å². The number of aromatic nitrogens is 1. The molecule has 0 spiro atoms. The Labute approximate surface area is 404 Å². The standard InChI is InChI=1S/C52H71N7O10/c1-6-8-22-41(57-49(66)43(59-51(68)69-52(3,4)5)29-35-25-27-38(60)28-26-35)47(64)54-33-45(61)56-44(30-36-32-53-40-24-16-15-21-39(36)40)50(67)58-42(23-9-7-2)48(65)55-37(31-46(62)63)20-14-13-19-34-17-11-10-12-18-34/h10-12,15-18,21,24-28,32,37,41-44,53,60H,6-9,13-14,19-20,22-23,29-31,33H2,1-5H3,(H,54,64)(H,55,65)(H,56,61)(H,57,66)(H,58,67)(H,59,68)(H,62,63)/t37-,41-,42-,43-,44+/m0/s1. The van der Waals surface area contributed by atoms with Crippen molar-refractivity contribution in [1.82, 2.24) is 36.9 Å². The minimum Gasteiger partial charge on any atom is -0.508 e. The van der Waals surface area contributed by atoms with Gasteiger partial charge in [-0.15, -0.1) is 0 Å². The fraction of sp³-hybridized carbons (Fsp3) is 0.481. The van der Waals surface area contributed by atoms with Crippen molar-refractivity contribution in [2.45, 2.75) is 154 Å². The molecule has 4 aromatic rings. The lowest BCUT2D eigenvalue weighted by Crippen LogP contribution is -2.57. The van der Waals surface area contributed by atoms with E-state index in [9.17, 15) is 43.8 Å². The summed E-state index contributed by atoms with van der Waals surface area (Å²) in [5.74, 6) is -4.28. The molecular weight excluding hydrogens is 883 g/mol. The molecule has 69 heavy (non-hydrogen) atoms. The van der Waals surface area contributed by atoms with Gasteiger partial charge in [-0.2, -0.15) is 0 Å². The largest absolute Gasteiger partial charge is 0.508 e. The first kappa shape index (κ1) is 54.7. The number of rotatable bonds is 28. The molecule has 0 aliphatic heterocycles. The molecule has 6 amide bonds. The van der Waals surface area contributed by atoms with Gasteiger partial charge in [0.15, 0.2) is 0 Å². The second-order valence-electron chi connectivity index (χ2n) is 18.4. The van der Waals surface area contributed by atoms with Crippen LogP contribution in [0.25, 0.3) is 10.9 Å². The van der Waals surface area contributed by atoms with Crippen molar-refractivity contribution in [3.8, 4) is 5.75 Å². The first-order valence-electron chi connectivity index (χ1n) is 24.0. The van der Waals surface area contributed by atoms with Crippen LogP contribution in [0.3, 0.4) is 0 Å². The molecule has 0 bridgehead atoms. The van der Waals surface area contributed by atoms with E-state index in [1.807, 2.05) is 68.4 Å². The molecule has 3 aromatic carbocycles. The van der Waals surface area contributed by atoms with Crippen LogP contribution in [0.1, 0.15) is 116 Å². The molecule has 374 valence electrons. The van der Waals surface area contributed by atoms with E-state index >= 15 is 0 Å². The van der Waals surface area contributed by atoms with E-state index in [0.29, 0.717) is 49.7 Å². The van der Waals surface area contributed by atoms with E-state index in [0.717, 1.165) is 23.7 Å². The minimum absolute atomic E-state index is 0.00876. The van der Waals surface area contributed by atoms with E-state index in [4.69, 9.17) is 4.74 Å². The highest BCUT2D eigenvalue weighted by molar-refractivity contribution is 5.96. The lowest BCUT2D eigenvalue weighted by molar-refractivity contribution is -0.138. The number of amides is 6. The predicted molar refractivity (Wildman–Crippen MR) is 263 cm³/mol. The van der Waals surface area contributed by atoms with E-state index in [1.54, 1.807) is 39.1 Å². The van der Waals surface area contributed by atoms with Crippen LogP contribution in [0.4, 0.5) is 4.79 Å². The zero-order valence-corrected chi connectivity index (χ0v) is 40.5. The van der Waals surface area contributed by atoms with Gasteiger partial charge in [0, 0.05) is 36.0 Å². The van der Waals surface area contributed by atoms with Crippen LogP contribution in [0.15, 0.2) is 85.1 Å². The van der Waals surface area contributed by atoms with Gasteiger partial charge in [0.2, 0.25) is 29.5 Å². The average molecular weight is 954 g/mol. The van der Waals surface area contributed by atoms with Gasteiger partial charge >= 0.3 is 12.1 Å². The number of carbonyl (C=O) groups is 7. The average Bonchev–Trinajstić information content (AvgIpc) is 3.71. The summed E-state index contributed by atoms with van der Waals surface area (Å²) in [6.07, 6.45) is 6.33. The normalized spacial score (nSPS) is 13.5. The van der Waals surface area contributed by atoms with Crippen LogP contribution in [0.2, 0.25) is 0 Å². The van der Waals surface area contributed by atoms with E-state index in [-0.39, 0.29) is 37.9 Å². The van der Waals surface area contributed by atoms with Crippen molar-refractivity contribution in [2.75, 3.05) is 6.54 Å².